The summed E-state index contributed by atoms with van der Waals surface area (Å²) < 4.78 is 11.1. The summed E-state index contributed by atoms with van der Waals surface area (Å²) in [5.41, 5.74) is 5.92. The fourth-order valence-electron chi connectivity index (χ4n) is 3.81. The zero-order valence-corrected chi connectivity index (χ0v) is 17.6. The highest BCUT2D eigenvalue weighted by atomic mass is 35.5. The molecule has 0 spiro atoms. The van der Waals surface area contributed by atoms with E-state index in [0.29, 0.717) is 6.61 Å². The molecule has 0 N–H and O–H groups in total. The summed E-state index contributed by atoms with van der Waals surface area (Å²) in [5, 5.41) is 0. The van der Waals surface area contributed by atoms with Gasteiger partial charge in [0.15, 0.2) is 0 Å². The van der Waals surface area contributed by atoms with Gasteiger partial charge >= 0.3 is 0 Å². The van der Waals surface area contributed by atoms with Crippen molar-refractivity contribution in [2.45, 2.75) is 6.61 Å². The molecule has 2 heterocycles. The summed E-state index contributed by atoms with van der Waals surface area (Å²) in [5.74, 6) is 2.79. The van der Waals surface area contributed by atoms with E-state index in [1.54, 1.807) is 7.11 Å². The Bertz CT molecular complexity index is 1090. The molecule has 152 valence electrons. The molecular weight excluding hydrogens is 396 g/mol. The van der Waals surface area contributed by atoms with Crippen molar-refractivity contribution in [1.82, 2.24) is 4.90 Å². The maximum Gasteiger partial charge on any atom is 0.136 e. The Morgan fingerprint density at radius 1 is 0.900 bits per heavy atom. The van der Waals surface area contributed by atoms with Crippen molar-refractivity contribution in [2.75, 3.05) is 20.2 Å². The van der Waals surface area contributed by atoms with Crippen molar-refractivity contribution in [3.05, 3.63) is 95.1 Å². The fourth-order valence-corrected chi connectivity index (χ4v) is 3.81. The highest BCUT2D eigenvalue weighted by molar-refractivity contribution is 6.12. The van der Waals surface area contributed by atoms with Crippen molar-refractivity contribution in [1.29, 1.82) is 0 Å². The lowest BCUT2D eigenvalue weighted by molar-refractivity contribution is 0.306. The molecule has 0 bridgehead atoms. The lowest BCUT2D eigenvalue weighted by Gasteiger charge is -2.29. The molecule has 0 atom stereocenters. The average Bonchev–Trinajstić information content (AvgIpc) is 3.28. The zero-order chi connectivity index (χ0) is 19.6. The molecule has 4 nitrogen and oxygen atoms in total. The van der Waals surface area contributed by atoms with E-state index in [1.165, 1.54) is 22.4 Å². The Labute approximate surface area is 182 Å². The standard InChI is InChI=1S/C25H22N2O2.ClH/c1-28-21-10-6-18(7-11-21)17-29-22-12-8-19(9-13-22)24-16-20-4-2-3-5-23(20)25-26-14-15-27(24)25;/h2-13,16H,14-15,17H2,1H3;1H. The number of nitrogens with zero attached hydrogens (tertiary/aromatic N) is 2. The normalized spacial score (nSPS) is 14.1. The Morgan fingerprint density at radius 3 is 2.40 bits per heavy atom. The van der Waals surface area contributed by atoms with Gasteiger partial charge in [-0.15, -0.1) is 12.4 Å². The molecule has 30 heavy (non-hydrogen) atoms. The number of methoxy groups -OCH3 is 1. The Balaban J connectivity index is 0.00000218. The monoisotopic (exact) mass is 418 g/mol. The van der Waals surface area contributed by atoms with Gasteiger partial charge in [0.1, 0.15) is 23.9 Å². The predicted octanol–water partition coefficient (Wildman–Crippen LogP) is 5.27. The van der Waals surface area contributed by atoms with Crippen LogP contribution >= 0.6 is 12.4 Å². The van der Waals surface area contributed by atoms with E-state index >= 15 is 0 Å². The molecule has 0 aliphatic carbocycles. The van der Waals surface area contributed by atoms with Crippen LogP contribution in [0.1, 0.15) is 22.3 Å². The van der Waals surface area contributed by atoms with Gasteiger partial charge in [0.2, 0.25) is 0 Å². The number of amidine groups is 1. The molecule has 0 saturated heterocycles. The van der Waals surface area contributed by atoms with Crippen LogP contribution < -0.4 is 9.47 Å². The molecule has 0 aromatic heterocycles. The minimum atomic E-state index is 0. The maximum atomic E-state index is 5.95. The van der Waals surface area contributed by atoms with Crippen molar-refractivity contribution in [2.24, 2.45) is 4.99 Å². The highest BCUT2D eigenvalue weighted by Crippen LogP contribution is 2.33. The van der Waals surface area contributed by atoms with E-state index in [0.717, 1.165) is 36.0 Å². The van der Waals surface area contributed by atoms with Crippen LogP contribution in [-0.2, 0) is 6.61 Å². The van der Waals surface area contributed by atoms with Gasteiger partial charge in [-0.1, -0.05) is 36.4 Å². The molecule has 5 heteroatoms. The molecule has 0 fully saturated rings. The number of hydrogen-bond donors (Lipinski definition) is 0. The van der Waals surface area contributed by atoms with Gasteiger partial charge in [-0.05, 0) is 59.2 Å². The molecule has 2 aliphatic heterocycles. The number of aliphatic imine (C=N–C) groups is 1. The van der Waals surface area contributed by atoms with Crippen LogP contribution in [0.4, 0.5) is 0 Å². The summed E-state index contributed by atoms with van der Waals surface area (Å²) in [6.45, 7) is 2.29. The van der Waals surface area contributed by atoms with E-state index in [9.17, 15) is 0 Å². The smallest absolute Gasteiger partial charge is 0.136 e. The van der Waals surface area contributed by atoms with Crippen molar-refractivity contribution < 1.29 is 9.47 Å². The first-order chi connectivity index (χ1) is 14.3. The second-order valence-electron chi connectivity index (χ2n) is 7.13. The molecule has 3 aromatic rings. The largest absolute Gasteiger partial charge is 0.497 e. The van der Waals surface area contributed by atoms with Crippen LogP contribution in [0.5, 0.6) is 11.5 Å². The number of hydrogen-bond acceptors (Lipinski definition) is 4. The second kappa shape index (κ2) is 8.64. The van der Waals surface area contributed by atoms with E-state index in [1.807, 2.05) is 36.4 Å². The van der Waals surface area contributed by atoms with Crippen molar-refractivity contribution in [3.63, 3.8) is 0 Å². The zero-order valence-electron chi connectivity index (χ0n) is 16.7. The molecule has 0 unspecified atom stereocenters. The number of fused-ring (bicyclic) bond motifs is 3. The molecule has 5 rings (SSSR count). The number of ether oxygens (including phenoxy) is 2. The summed E-state index contributed by atoms with van der Waals surface area (Å²) >= 11 is 0. The summed E-state index contributed by atoms with van der Waals surface area (Å²) in [4.78, 5) is 7.05. The third kappa shape index (κ3) is 3.79. The first-order valence-corrected chi connectivity index (χ1v) is 9.81. The lowest BCUT2D eigenvalue weighted by Crippen LogP contribution is -2.30. The number of halogens is 1. The Kier molecular flexibility index (Phi) is 5.77. The molecular formula is C25H23ClN2O2. The maximum absolute atomic E-state index is 5.95. The third-order valence-corrected chi connectivity index (χ3v) is 5.34. The first kappa shape index (κ1) is 20.0. The highest BCUT2D eigenvalue weighted by Gasteiger charge is 2.28. The Morgan fingerprint density at radius 2 is 1.63 bits per heavy atom. The predicted molar refractivity (Wildman–Crippen MR) is 123 cm³/mol. The quantitative estimate of drug-likeness (QED) is 0.566. The van der Waals surface area contributed by atoms with Gasteiger partial charge in [-0.2, -0.15) is 0 Å². The van der Waals surface area contributed by atoms with Gasteiger partial charge in [-0.25, -0.2) is 0 Å². The van der Waals surface area contributed by atoms with Crippen LogP contribution in [0, 0.1) is 0 Å². The lowest BCUT2D eigenvalue weighted by atomic mass is 9.97. The summed E-state index contributed by atoms with van der Waals surface area (Å²) in [6, 6.07) is 24.7. The second-order valence-corrected chi connectivity index (χ2v) is 7.13. The van der Waals surface area contributed by atoms with Gasteiger partial charge in [0, 0.05) is 12.1 Å². The van der Waals surface area contributed by atoms with E-state index in [4.69, 9.17) is 14.5 Å². The summed E-state index contributed by atoms with van der Waals surface area (Å²) in [6.07, 6.45) is 2.26. The van der Waals surface area contributed by atoms with Crippen molar-refractivity contribution in [3.8, 4) is 11.5 Å². The van der Waals surface area contributed by atoms with Crippen LogP contribution in [0.15, 0.2) is 77.8 Å². The van der Waals surface area contributed by atoms with Gasteiger partial charge in [0.05, 0.1) is 19.4 Å². The van der Waals surface area contributed by atoms with Gasteiger partial charge in [-0.3, -0.25) is 4.99 Å². The van der Waals surface area contributed by atoms with Crippen molar-refractivity contribution >= 4 is 30.0 Å². The topological polar surface area (TPSA) is 34.1 Å². The summed E-state index contributed by atoms with van der Waals surface area (Å²) in [7, 11) is 1.67. The third-order valence-electron chi connectivity index (χ3n) is 5.34. The SMILES string of the molecule is COc1ccc(COc2ccc(C3=Cc4ccccc4C4=NCCN34)cc2)cc1.Cl. The van der Waals surface area contributed by atoms with E-state index in [2.05, 4.69) is 47.4 Å². The van der Waals surface area contributed by atoms with Crippen LogP contribution in [-0.4, -0.2) is 30.9 Å². The molecule has 3 aromatic carbocycles. The van der Waals surface area contributed by atoms with Crippen LogP contribution in [0.25, 0.3) is 11.8 Å². The van der Waals surface area contributed by atoms with Gasteiger partial charge in [0.25, 0.3) is 0 Å². The van der Waals surface area contributed by atoms with Gasteiger partial charge < -0.3 is 14.4 Å². The molecule has 0 radical (unpaired) electrons. The number of rotatable bonds is 5. The van der Waals surface area contributed by atoms with E-state index in [-0.39, 0.29) is 12.4 Å². The first-order valence-electron chi connectivity index (χ1n) is 9.81. The van der Waals surface area contributed by atoms with Crippen LogP contribution in [0.3, 0.4) is 0 Å². The average molecular weight is 419 g/mol. The minimum absolute atomic E-state index is 0. The minimum Gasteiger partial charge on any atom is -0.497 e. The van der Waals surface area contributed by atoms with E-state index < -0.39 is 0 Å². The fraction of sp³-hybridized carbons (Fsp3) is 0.160. The Hall–Kier alpha value is -3.24. The van der Waals surface area contributed by atoms with Crippen LogP contribution in [0.2, 0.25) is 0 Å². The molecule has 0 saturated carbocycles. The molecule has 0 amide bonds. The number of benzene rings is 3. The molecule has 2 aliphatic rings.